The smallest absolute Gasteiger partial charge is 0.252 e. The standard InChI is InChI=1S/C16H14N2O3S/c1-10-6-7-14(21-10)16-18-11(9-22-16)8-20-13-5-3-2-4-12(13)15(17)19/h2-7,9H,8H2,1H3,(H2,17,19). The SMILES string of the molecule is Cc1ccc(-c2nc(COc3ccccc3C(N)=O)cs2)o1. The van der Waals surface area contributed by atoms with Crippen molar-refractivity contribution in [3.05, 3.63) is 58.8 Å². The number of primary amides is 1. The van der Waals surface area contributed by atoms with Crippen LogP contribution in [0.25, 0.3) is 10.8 Å². The number of nitrogens with two attached hydrogens (primary N) is 1. The van der Waals surface area contributed by atoms with E-state index in [0.29, 0.717) is 11.3 Å². The van der Waals surface area contributed by atoms with Gasteiger partial charge in [0.25, 0.3) is 5.91 Å². The Hall–Kier alpha value is -2.60. The maximum atomic E-state index is 11.3. The van der Waals surface area contributed by atoms with Crippen molar-refractivity contribution in [1.82, 2.24) is 4.98 Å². The molecule has 0 spiro atoms. The van der Waals surface area contributed by atoms with E-state index >= 15 is 0 Å². The molecule has 2 heterocycles. The van der Waals surface area contributed by atoms with E-state index in [9.17, 15) is 4.79 Å². The van der Waals surface area contributed by atoms with Gasteiger partial charge < -0.3 is 14.9 Å². The zero-order valence-corrected chi connectivity index (χ0v) is 12.7. The van der Waals surface area contributed by atoms with Crippen molar-refractivity contribution in [2.24, 2.45) is 5.73 Å². The van der Waals surface area contributed by atoms with E-state index in [1.165, 1.54) is 11.3 Å². The molecule has 0 unspecified atom stereocenters. The summed E-state index contributed by atoms with van der Waals surface area (Å²) in [5, 5.41) is 2.70. The Morgan fingerprint density at radius 1 is 1.32 bits per heavy atom. The van der Waals surface area contributed by atoms with Crippen LogP contribution in [-0.4, -0.2) is 10.9 Å². The van der Waals surface area contributed by atoms with Crippen molar-refractivity contribution in [1.29, 1.82) is 0 Å². The molecular formula is C16H14N2O3S. The zero-order valence-electron chi connectivity index (χ0n) is 11.9. The van der Waals surface area contributed by atoms with Crippen molar-refractivity contribution in [2.75, 3.05) is 0 Å². The third-order valence-electron chi connectivity index (χ3n) is 3.03. The molecule has 2 N–H and O–H groups in total. The molecule has 0 saturated carbocycles. The largest absolute Gasteiger partial charge is 0.486 e. The number of carbonyl (C=O) groups is 1. The number of benzene rings is 1. The first kappa shape index (κ1) is 14.3. The summed E-state index contributed by atoms with van der Waals surface area (Å²) in [6.07, 6.45) is 0. The van der Waals surface area contributed by atoms with Gasteiger partial charge in [0.2, 0.25) is 0 Å². The molecular weight excluding hydrogens is 300 g/mol. The molecule has 0 aliphatic heterocycles. The maximum Gasteiger partial charge on any atom is 0.252 e. The molecule has 1 aromatic carbocycles. The summed E-state index contributed by atoms with van der Waals surface area (Å²) in [6, 6.07) is 10.7. The third kappa shape index (κ3) is 3.01. The second-order valence-corrected chi connectivity index (χ2v) is 5.56. The highest BCUT2D eigenvalue weighted by Gasteiger charge is 2.11. The van der Waals surface area contributed by atoms with Gasteiger partial charge in [-0.3, -0.25) is 4.79 Å². The number of furan rings is 1. The molecule has 0 aliphatic rings. The Labute approximate surface area is 131 Å². The molecule has 5 nitrogen and oxygen atoms in total. The van der Waals surface area contributed by atoms with Gasteiger partial charge in [-0.1, -0.05) is 12.1 Å². The molecule has 0 fully saturated rings. The van der Waals surface area contributed by atoms with Crippen LogP contribution in [0.1, 0.15) is 21.8 Å². The van der Waals surface area contributed by atoms with Crippen LogP contribution in [-0.2, 0) is 6.61 Å². The molecule has 3 aromatic rings. The number of ether oxygens (including phenoxy) is 1. The molecule has 2 aromatic heterocycles. The first-order chi connectivity index (χ1) is 10.6. The number of para-hydroxylation sites is 1. The monoisotopic (exact) mass is 314 g/mol. The number of thiazole rings is 1. The highest BCUT2D eigenvalue weighted by atomic mass is 32.1. The van der Waals surface area contributed by atoms with Crippen molar-refractivity contribution in [3.8, 4) is 16.5 Å². The van der Waals surface area contributed by atoms with Crippen molar-refractivity contribution >= 4 is 17.2 Å². The summed E-state index contributed by atoms with van der Waals surface area (Å²) in [7, 11) is 0. The van der Waals surface area contributed by atoms with Gasteiger partial charge in [0.1, 0.15) is 18.1 Å². The second-order valence-electron chi connectivity index (χ2n) is 4.70. The summed E-state index contributed by atoms with van der Waals surface area (Å²) in [6.45, 7) is 2.16. The fourth-order valence-corrected chi connectivity index (χ4v) is 2.75. The summed E-state index contributed by atoms with van der Waals surface area (Å²) in [5.74, 6) is 1.53. The molecule has 3 rings (SSSR count). The van der Waals surface area contributed by atoms with Gasteiger partial charge in [0, 0.05) is 5.38 Å². The molecule has 6 heteroatoms. The van der Waals surface area contributed by atoms with Crippen molar-refractivity contribution < 1.29 is 13.9 Å². The highest BCUT2D eigenvalue weighted by Crippen LogP contribution is 2.26. The molecule has 0 atom stereocenters. The van der Waals surface area contributed by atoms with Crippen molar-refractivity contribution in [2.45, 2.75) is 13.5 Å². The van der Waals surface area contributed by atoms with Gasteiger partial charge in [-0.25, -0.2) is 4.98 Å². The Morgan fingerprint density at radius 2 is 2.14 bits per heavy atom. The molecule has 112 valence electrons. The van der Waals surface area contributed by atoms with Gasteiger partial charge in [-0.15, -0.1) is 11.3 Å². The van der Waals surface area contributed by atoms with E-state index in [-0.39, 0.29) is 6.61 Å². The lowest BCUT2D eigenvalue weighted by atomic mass is 10.2. The first-order valence-corrected chi connectivity index (χ1v) is 7.54. The maximum absolute atomic E-state index is 11.3. The predicted octanol–water partition coefficient (Wildman–Crippen LogP) is 3.39. The Balaban J connectivity index is 1.73. The van der Waals surface area contributed by atoms with E-state index in [4.69, 9.17) is 14.9 Å². The fourth-order valence-electron chi connectivity index (χ4n) is 1.98. The van der Waals surface area contributed by atoms with Gasteiger partial charge >= 0.3 is 0 Å². The summed E-state index contributed by atoms with van der Waals surface area (Å²) >= 11 is 1.49. The number of aromatic nitrogens is 1. The van der Waals surface area contributed by atoms with Gasteiger partial charge in [-0.2, -0.15) is 0 Å². The highest BCUT2D eigenvalue weighted by molar-refractivity contribution is 7.13. The molecule has 0 radical (unpaired) electrons. The van der Waals surface area contributed by atoms with Crippen LogP contribution in [0.3, 0.4) is 0 Å². The summed E-state index contributed by atoms with van der Waals surface area (Å²) in [4.78, 5) is 15.8. The first-order valence-electron chi connectivity index (χ1n) is 6.66. The van der Waals surface area contributed by atoms with Crippen LogP contribution in [0.15, 0.2) is 46.2 Å². The van der Waals surface area contributed by atoms with Gasteiger partial charge in [-0.05, 0) is 31.2 Å². The van der Waals surface area contributed by atoms with Crippen LogP contribution in [0.2, 0.25) is 0 Å². The molecule has 22 heavy (non-hydrogen) atoms. The average Bonchev–Trinajstić information content (AvgIpc) is 3.14. The number of nitrogens with zero attached hydrogens (tertiary/aromatic N) is 1. The lowest BCUT2D eigenvalue weighted by Gasteiger charge is -2.07. The van der Waals surface area contributed by atoms with Crippen LogP contribution >= 0.6 is 11.3 Å². The Kier molecular flexibility index (Phi) is 3.93. The average molecular weight is 314 g/mol. The third-order valence-corrected chi connectivity index (χ3v) is 3.94. The van der Waals surface area contributed by atoms with Crippen molar-refractivity contribution in [3.63, 3.8) is 0 Å². The van der Waals surface area contributed by atoms with E-state index in [0.717, 1.165) is 22.2 Å². The van der Waals surface area contributed by atoms with E-state index in [2.05, 4.69) is 4.98 Å². The van der Waals surface area contributed by atoms with E-state index in [1.807, 2.05) is 24.4 Å². The number of amides is 1. The lowest BCUT2D eigenvalue weighted by Crippen LogP contribution is -2.12. The number of carbonyl (C=O) groups excluding carboxylic acids is 1. The van der Waals surface area contributed by atoms with Crippen LogP contribution in [0, 0.1) is 6.92 Å². The Morgan fingerprint density at radius 3 is 2.86 bits per heavy atom. The second kappa shape index (κ2) is 6.03. The zero-order chi connectivity index (χ0) is 15.5. The van der Waals surface area contributed by atoms with Crippen LogP contribution in [0.5, 0.6) is 5.75 Å². The number of hydrogen-bond acceptors (Lipinski definition) is 5. The summed E-state index contributed by atoms with van der Waals surface area (Å²) in [5.41, 5.74) is 6.45. The van der Waals surface area contributed by atoms with Gasteiger partial charge in [0.15, 0.2) is 10.8 Å². The van der Waals surface area contributed by atoms with Gasteiger partial charge in [0.05, 0.1) is 11.3 Å². The normalized spacial score (nSPS) is 10.6. The number of rotatable bonds is 5. The molecule has 0 bridgehead atoms. The minimum atomic E-state index is -0.513. The summed E-state index contributed by atoms with van der Waals surface area (Å²) < 4.78 is 11.2. The quantitative estimate of drug-likeness (QED) is 0.783. The van der Waals surface area contributed by atoms with Crippen LogP contribution < -0.4 is 10.5 Å². The molecule has 1 amide bonds. The predicted molar refractivity (Wildman–Crippen MR) is 83.8 cm³/mol. The minimum absolute atomic E-state index is 0.264. The molecule has 0 aliphatic carbocycles. The topological polar surface area (TPSA) is 78.4 Å². The minimum Gasteiger partial charge on any atom is -0.486 e. The van der Waals surface area contributed by atoms with E-state index < -0.39 is 5.91 Å². The fraction of sp³-hybridized carbons (Fsp3) is 0.125. The molecule has 0 saturated heterocycles. The number of hydrogen-bond donors (Lipinski definition) is 1. The van der Waals surface area contributed by atoms with Crippen LogP contribution in [0.4, 0.5) is 0 Å². The Bertz CT molecular complexity index is 807. The van der Waals surface area contributed by atoms with E-state index in [1.54, 1.807) is 24.3 Å². The lowest BCUT2D eigenvalue weighted by molar-refractivity contribution is 0.0996. The number of aryl methyl sites for hydroxylation is 1.